The van der Waals surface area contributed by atoms with Crippen LogP contribution in [0.2, 0.25) is 0 Å². The highest BCUT2D eigenvalue weighted by Crippen LogP contribution is 2.15. The molecule has 2 nitrogen and oxygen atoms in total. The molecule has 0 fully saturated rings. The molecule has 0 aliphatic heterocycles. The summed E-state index contributed by atoms with van der Waals surface area (Å²) in [5.74, 6) is 0. The van der Waals surface area contributed by atoms with Gasteiger partial charge in [-0.15, -0.1) is 0 Å². The average molecular weight is 240 g/mol. The predicted octanol–water partition coefficient (Wildman–Crippen LogP) is 4.37. The Kier molecular flexibility index (Phi) is 5.73. The van der Waals surface area contributed by atoms with Crippen LogP contribution in [0.15, 0.2) is 42.1 Å². The van der Waals surface area contributed by atoms with Crippen LogP contribution in [-0.2, 0) is 0 Å². The summed E-state index contributed by atoms with van der Waals surface area (Å²) in [6.45, 7) is 15.0. The minimum atomic E-state index is 0.700. The summed E-state index contributed by atoms with van der Waals surface area (Å²) >= 11 is 0. The average Bonchev–Trinajstić information content (AvgIpc) is 2.41. The molecule has 0 N–H and O–H groups in total. The SMILES string of the molecule is [C-]#[N+]/C(C)=C\C=C\c1ccc(N(CC)CC)cc1. The Labute approximate surface area is 110 Å². The molecule has 0 saturated heterocycles. The molecule has 1 aromatic carbocycles. The number of benzene rings is 1. The van der Waals surface area contributed by atoms with Crippen LogP contribution >= 0.6 is 0 Å². The van der Waals surface area contributed by atoms with Crippen LogP contribution in [0.4, 0.5) is 5.69 Å². The zero-order valence-electron chi connectivity index (χ0n) is 11.4. The van der Waals surface area contributed by atoms with E-state index in [0.29, 0.717) is 5.70 Å². The van der Waals surface area contributed by atoms with E-state index >= 15 is 0 Å². The first-order chi connectivity index (χ1) is 8.71. The molecule has 0 atom stereocenters. The van der Waals surface area contributed by atoms with Gasteiger partial charge in [0.2, 0.25) is 0 Å². The van der Waals surface area contributed by atoms with Crippen LogP contribution in [0.25, 0.3) is 10.9 Å². The van der Waals surface area contributed by atoms with E-state index in [1.807, 2.05) is 18.2 Å². The fourth-order valence-electron chi connectivity index (χ4n) is 1.72. The van der Waals surface area contributed by atoms with E-state index in [9.17, 15) is 0 Å². The molecule has 2 heteroatoms. The molecule has 94 valence electrons. The van der Waals surface area contributed by atoms with Crippen molar-refractivity contribution < 1.29 is 0 Å². The second-order valence-corrected chi connectivity index (χ2v) is 4.04. The van der Waals surface area contributed by atoms with Gasteiger partial charge in [0.1, 0.15) is 0 Å². The Hall–Kier alpha value is -2.01. The van der Waals surface area contributed by atoms with Gasteiger partial charge in [-0.05, 0) is 38.5 Å². The fraction of sp³-hybridized carbons (Fsp3) is 0.312. The summed E-state index contributed by atoms with van der Waals surface area (Å²) in [5.41, 5.74) is 3.11. The van der Waals surface area contributed by atoms with Gasteiger partial charge in [-0.2, -0.15) is 0 Å². The maximum Gasteiger partial charge on any atom is 0.162 e. The van der Waals surface area contributed by atoms with Gasteiger partial charge in [-0.25, -0.2) is 4.85 Å². The molecular weight excluding hydrogens is 220 g/mol. The van der Waals surface area contributed by atoms with Crippen molar-refractivity contribution in [3.05, 3.63) is 59.1 Å². The smallest absolute Gasteiger partial charge is 0.162 e. The summed E-state index contributed by atoms with van der Waals surface area (Å²) in [6, 6.07) is 8.48. The first kappa shape index (κ1) is 14.1. The zero-order valence-corrected chi connectivity index (χ0v) is 11.4. The Bertz CT molecular complexity index is 457. The standard InChI is InChI=1S/C16H20N2/c1-5-18(6-2)16-12-10-15(11-13-16)9-7-8-14(3)17-4/h7-13H,5-6H2,1-3H3/b9-7+,14-8-. The summed E-state index contributed by atoms with van der Waals surface area (Å²) in [5, 5.41) is 0. The van der Waals surface area contributed by atoms with Crippen molar-refractivity contribution in [3.8, 4) is 0 Å². The lowest BCUT2D eigenvalue weighted by molar-refractivity contribution is 0.866. The van der Waals surface area contributed by atoms with Crippen molar-refractivity contribution in [2.75, 3.05) is 18.0 Å². The van der Waals surface area contributed by atoms with Crippen LogP contribution in [0.3, 0.4) is 0 Å². The number of rotatable bonds is 5. The molecule has 18 heavy (non-hydrogen) atoms. The van der Waals surface area contributed by atoms with Gasteiger partial charge in [0.15, 0.2) is 5.70 Å². The van der Waals surface area contributed by atoms with E-state index in [0.717, 1.165) is 18.7 Å². The molecule has 0 aromatic heterocycles. The lowest BCUT2D eigenvalue weighted by Gasteiger charge is -2.20. The van der Waals surface area contributed by atoms with Crippen LogP contribution in [-0.4, -0.2) is 13.1 Å². The van der Waals surface area contributed by atoms with Crippen molar-refractivity contribution in [1.29, 1.82) is 0 Å². The van der Waals surface area contributed by atoms with E-state index in [1.165, 1.54) is 5.69 Å². The second kappa shape index (κ2) is 7.34. The first-order valence-corrected chi connectivity index (χ1v) is 6.28. The quantitative estimate of drug-likeness (QED) is 0.548. The fourth-order valence-corrected chi connectivity index (χ4v) is 1.72. The maximum atomic E-state index is 6.83. The summed E-state index contributed by atoms with van der Waals surface area (Å²) in [6.07, 6.45) is 5.76. The van der Waals surface area contributed by atoms with Crippen molar-refractivity contribution in [2.45, 2.75) is 20.8 Å². The molecule has 0 unspecified atom stereocenters. The minimum absolute atomic E-state index is 0.700. The van der Waals surface area contributed by atoms with Crippen molar-refractivity contribution >= 4 is 11.8 Å². The van der Waals surface area contributed by atoms with Crippen LogP contribution in [0, 0.1) is 6.57 Å². The third-order valence-corrected chi connectivity index (χ3v) is 2.82. The Morgan fingerprint density at radius 2 is 1.83 bits per heavy atom. The lowest BCUT2D eigenvalue weighted by Crippen LogP contribution is -2.21. The van der Waals surface area contributed by atoms with E-state index in [1.54, 1.807) is 6.92 Å². The topological polar surface area (TPSA) is 7.60 Å². The number of allylic oxidation sites excluding steroid dienone is 3. The molecule has 0 spiro atoms. The third-order valence-electron chi connectivity index (χ3n) is 2.82. The maximum absolute atomic E-state index is 6.83. The number of nitrogens with zero attached hydrogens (tertiary/aromatic N) is 2. The van der Waals surface area contributed by atoms with Gasteiger partial charge >= 0.3 is 0 Å². The molecule has 0 heterocycles. The molecule has 1 aromatic rings. The summed E-state index contributed by atoms with van der Waals surface area (Å²) in [4.78, 5) is 5.65. The van der Waals surface area contributed by atoms with Gasteiger partial charge in [-0.1, -0.05) is 30.4 Å². The van der Waals surface area contributed by atoms with Crippen LogP contribution in [0.5, 0.6) is 0 Å². The third kappa shape index (κ3) is 4.10. The molecule has 1 rings (SSSR count). The van der Waals surface area contributed by atoms with Gasteiger partial charge < -0.3 is 4.90 Å². The lowest BCUT2D eigenvalue weighted by atomic mass is 10.1. The van der Waals surface area contributed by atoms with E-state index in [-0.39, 0.29) is 0 Å². The minimum Gasteiger partial charge on any atom is -0.372 e. The van der Waals surface area contributed by atoms with Crippen molar-refractivity contribution in [1.82, 2.24) is 0 Å². The van der Waals surface area contributed by atoms with Crippen LogP contribution < -0.4 is 4.90 Å². The second-order valence-electron chi connectivity index (χ2n) is 4.04. The highest BCUT2D eigenvalue weighted by molar-refractivity contribution is 5.57. The van der Waals surface area contributed by atoms with Crippen molar-refractivity contribution in [3.63, 3.8) is 0 Å². The Balaban J connectivity index is 2.75. The van der Waals surface area contributed by atoms with E-state index in [4.69, 9.17) is 6.57 Å². The predicted molar refractivity (Wildman–Crippen MR) is 79.4 cm³/mol. The molecular formula is C16H20N2. The molecule has 0 bridgehead atoms. The Morgan fingerprint density at radius 1 is 1.22 bits per heavy atom. The van der Waals surface area contributed by atoms with Gasteiger partial charge in [0.25, 0.3) is 0 Å². The monoisotopic (exact) mass is 240 g/mol. The summed E-state index contributed by atoms with van der Waals surface area (Å²) in [7, 11) is 0. The van der Waals surface area contributed by atoms with E-state index < -0.39 is 0 Å². The van der Waals surface area contributed by atoms with Gasteiger partial charge in [0, 0.05) is 18.8 Å². The first-order valence-electron chi connectivity index (χ1n) is 6.28. The van der Waals surface area contributed by atoms with Gasteiger partial charge in [-0.3, -0.25) is 0 Å². The van der Waals surface area contributed by atoms with Crippen LogP contribution in [0.1, 0.15) is 26.3 Å². The molecule has 0 aliphatic rings. The van der Waals surface area contributed by atoms with E-state index in [2.05, 4.69) is 47.9 Å². The number of anilines is 1. The number of hydrogen-bond donors (Lipinski definition) is 0. The summed E-state index contributed by atoms with van der Waals surface area (Å²) < 4.78 is 0. The number of hydrogen-bond acceptors (Lipinski definition) is 1. The normalized spacial score (nSPS) is 11.6. The highest BCUT2D eigenvalue weighted by atomic mass is 15.1. The highest BCUT2D eigenvalue weighted by Gasteiger charge is 1.99. The molecule has 0 radical (unpaired) electrons. The van der Waals surface area contributed by atoms with Gasteiger partial charge in [0.05, 0.1) is 6.57 Å². The zero-order chi connectivity index (χ0) is 13.4. The molecule has 0 amide bonds. The molecule has 0 saturated carbocycles. The molecule has 0 aliphatic carbocycles. The Morgan fingerprint density at radius 3 is 2.33 bits per heavy atom. The van der Waals surface area contributed by atoms with Crippen molar-refractivity contribution in [2.24, 2.45) is 0 Å². The largest absolute Gasteiger partial charge is 0.372 e.